The van der Waals surface area contributed by atoms with Crippen LogP contribution in [0.4, 0.5) is 11.4 Å². The Balaban J connectivity index is 1.51. The first-order valence-electron chi connectivity index (χ1n) is 9.56. The van der Waals surface area contributed by atoms with Crippen LogP contribution in [0.1, 0.15) is 5.56 Å². The summed E-state index contributed by atoms with van der Waals surface area (Å²) in [6.07, 6.45) is 0. The molecule has 0 bridgehead atoms. The zero-order valence-electron chi connectivity index (χ0n) is 16.9. The maximum Gasteiger partial charge on any atom is 0.161 e. The standard InChI is InChI=1S/C21H25BrN3O4/c1-27-19-5-4-14(8-21(19)29-3)11-23-6-7-24-15(12-23)13-25(26)18-9-16(22)20(28-2)10-17(18)24/h4-5,8-10,15H,6-7,11-13H2,1-3H3/q-1. The van der Waals surface area contributed by atoms with Crippen molar-refractivity contribution in [1.29, 1.82) is 0 Å². The molecule has 156 valence electrons. The van der Waals surface area contributed by atoms with Crippen molar-refractivity contribution >= 4 is 27.3 Å². The molecule has 0 aliphatic carbocycles. The van der Waals surface area contributed by atoms with E-state index in [1.54, 1.807) is 21.3 Å². The first-order valence-corrected chi connectivity index (χ1v) is 10.4. The molecule has 0 amide bonds. The highest BCUT2D eigenvalue weighted by molar-refractivity contribution is 9.10. The van der Waals surface area contributed by atoms with Gasteiger partial charge < -0.3 is 29.4 Å². The van der Waals surface area contributed by atoms with E-state index < -0.39 is 0 Å². The highest BCUT2D eigenvalue weighted by Crippen LogP contribution is 2.42. The van der Waals surface area contributed by atoms with Gasteiger partial charge in [0.2, 0.25) is 0 Å². The maximum atomic E-state index is 12.7. The highest BCUT2D eigenvalue weighted by atomic mass is 79.9. The van der Waals surface area contributed by atoms with Crippen molar-refractivity contribution in [2.24, 2.45) is 0 Å². The molecule has 29 heavy (non-hydrogen) atoms. The van der Waals surface area contributed by atoms with E-state index in [1.165, 1.54) is 0 Å². The van der Waals surface area contributed by atoms with Crippen LogP contribution in [0.15, 0.2) is 34.8 Å². The van der Waals surface area contributed by atoms with Crippen molar-refractivity contribution in [3.05, 3.63) is 45.6 Å². The second-order valence-corrected chi connectivity index (χ2v) is 8.16. The van der Waals surface area contributed by atoms with E-state index in [-0.39, 0.29) is 6.04 Å². The third-order valence-electron chi connectivity index (χ3n) is 5.62. The van der Waals surface area contributed by atoms with E-state index in [1.807, 2.05) is 24.3 Å². The third kappa shape index (κ3) is 3.84. The number of ether oxygens (including phenoxy) is 3. The summed E-state index contributed by atoms with van der Waals surface area (Å²) in [6.45, 7) is 3.87. The van der Waals surface area contributed by atoms with Crippen LogP contribution in [0.2, 0.25) is 0 Å². The smallest absolute Gasteiger partial charge is 0.161 e. The number of fused-ring (bicyclic) bond motifs is 3. The van der Waals surface area contributed by atoms with E-state index in [2.05, 4.69) is 31.8 Å². The average Bonchev–Trinajstić information content (AvgIpc) is 2.73. The number of benzene rings is 2. The molecule has 2 aliphatic rings. The van der Waals surface area contributed by atoms with E-state index in [9.17, 15) is 5.21 Å². The van der Waals surface area contributed by atoms with Crippen LogP contribution < -0.4 is 24.2 Å². The molecule has 1 atom stereocenters. The number of piperazine rings is 1. The molecular formula is C21H25BrN3O4-. The molecular weight excluding hydrogens is 438 g/mol. The van der Waals surface area contributed by atoms with Gasteiger partial charge in [0, 0.05) is 38.8 Å². The number of hydroxylamine groups is 1. The van der Waals surface area contributed by atoms with E-state index >= 15 is 0 Å². The molecule has 0 radical (unpaired) electrons. The van der Waals surface area contributed by atoms with Crippen molar-refractivity contribution in [3.8, 4) is 17.2 Å². The Bertz CT molecular complexity index is 894. The van der Waals surface area contributed by atoms with Gasteiger partial charge in [0.05, 0.1) is 43.2 Å². The van der Waals surface area contributed by atoms with Crippen molar-refractivity contribution in [3.63, 3.8) is 0 Å². The number of nitrogens with zero attached hydrogens (tertiary/aromatic N) is 3. The van der Waals surface area contributed by atoms with Crippen LogP contribution in [-0.2, 0) is 6.54 Å². The van der Waals surface area contributed by atoms with Crippen molar-refractivity contribution in [2.75, 3.05) is 57.5 Å². The summed E-state index contributed by atoms with van der Waals surface area (Å²) in [5.41, 5.74) is 2.81. The second kappa shape index (κ2) is 8.30. The number of rotatable bonds is 5. The Kier molecular flexibility index (Phi) is 5.76. The minimum atomic E-state index is 0.139. The van der Waals surface area contributed by atoms with Crippen molar-refractivity contribution in [2.45, 2.75) is 12.6 Å². The first-order chi connectivity index (χ1) is 14.0. The predicted molar refractivity (Wildman–Crippen MR) is 117 cm³/mol. The minimum absolute atomic E-state index is 0.139. The summed E-state index contributed by atoms with van der Waals surface area (Å²) in [5.74, 6) is 2.20. The molecule has 2 aromatic rings. The lowest BCUT2D eigenvalue weighted by molar-refractivity contribution is 0.214. The molecule has 7 nitrogen and oxygen atoms in total. The summed E-state index contributed by atoms with van der Waals surface area (Å²) in [7, 11) is 4.93. The summed E-state index contributed by atoms with van der Waals surface area (Å²) < 4.78 is 17.0. The monoisotopic (exact) mass is 462 g/mol. The summed E-state index contributed by atoms with van der Waals surface area (Å²) in [4.78, 5) is 4.72. The lowest BCUT2D eigenvalue weighted by atomic mass is 10.0. The fourth-order valence-electron chi connectivity index (χ4n) is 4.18. The van der Waals surface area contributed by atoms with Crippen molar-refractivity contribution < 1.29 is 14.2 Å². The predicted octanol–water partition coefficient (Wildman–Crippen LogP) is 3.48. The Hall–Kier alpha value is -2.16. The molecule has 1 fully saturated rings. The number of hydrogen-bond donors (Lipinski definition) is 0. The first kappa shape index (κ1) is 20.1. The van der Waals surface area contributed by atoms with Crippen LogP contribution in [0.25, 0.3) is 0 Å². The Morgan fingerprint density at radius 1 is 0.931 bits per heavy atom. The highest BCUT2D eigenvalue weighted by Gasteiger charge is 2.33. The number of hydrogen-bond acceptors (Lipinski definition) is 7. The number of anilines is 2. The van der Waals surface area contributed by atoms with E-state index in [0.717, 1.165) is 64.2 Å². The van der Waals surface area contributed by atoms with Gasteiger partial charge in [-0.05, 0) is 39.7 Å². The van der Waals surface area contributed by atoms with Gasteiger partial charge in [0.15, 0.2) is 11.5 Å². The zero-order valence-corrected chi connectivity index (χ0v) is 18.4. The molecule has 0 N–H and O–H groups in total. The van der Waals surface area contributed by atoms with Crippen LogP contribution in [0.3, 0.4) is 0 Å². The zero-order chi connectivity index (χ0) is 20.5. The summed E-state index contributed by atoms with van der Waals surface area (Å²) >= 11 is 3.48. The molecule has 8 heteroatoms. The van der Waals surface area contributed by atoms with E-state index in [4.69, 9.17) is 14.2 Å². The van der Waals surface area contributed by atoms with Gasteiger partial charge in [0.25, 0.3) is 0 Å². The molecule has 2 aliphatic heterocycles. The van der Waals surface area contributed by atoms with Gasteiger partial charge in [-0.15, -0.1) is 0 Å². The quantitative estimate of drug-likeness (QED) is 0.673. The lowest BCUT2D eigenvalue weighted by Gasteiger charge is -2.52. The third-order valence-corrected chi connectivity index (χ3v) is 6.24. The average molecular weight is 463 g/mol. The molecule has 1 saturated heterocycles. The second-order valence-electron chi connectivity index (χ2n) is 7.31. The SMILES string of the molecule is COc1cc2c(cc1Br)N([O-])CC1CN(Cc3ccc(OC)c(OC)c3)CCN21. The van der Waals surface area contributed by atoms with Crippen LogP contribution in [-0.4, -0.2) is 58.5 Å². The summed E-state index contributed by atoms with van der Waals surface area (Å²) in [6, 6.07) is 9.97. The van der Waals surface area contributed by atoms with Gasteiger partial charge in [-0.1, -0.05) is 6.07 Å². The largest absolute Gasteiger partial charge is 0.758 e. The van der Waals surface area contributed by atoms with Crippen LogP contribution >= 0.6 is 15.9 Å². The van der Waals surface area contributed by atoms with E-state index in [0.29, 0.717) is 12.2 Å². The fraction of sp³-hybridized carbons (Fsp3) is 0.429. The Labute approximate surface area is 179 Å². The van der Waals surface area contributed by atoms with Crippen LogP contribution in [0, 0.1) is 5.21 Å². The fourth-order valence-corrected chi connectivity index (χ4v) is 4.68. The lowest BCUT2D eigenvalue weighted by Crippen LogP contribution is -2.58. The van der Waals surface area contributed by atoms with Crippen LogP contribution in [0.5, 0.6) is 17.2 Å². The molecule has 2 heterocycles. The normalized spacial score (nSPS) is 18.9. The molecule has 4 rings (SSSR count). The molecule has 0 aromatic heterocycles. The Morgan fingerprint density at radius 2 is 1.69 bits per heavy atom. The van der Waals surface area contributed by atoms with Gasteiger partial charge in [-0.2, -0.15) is 0 Å². The van der Waals surface area contributed by atoms with Gasteiger partial charge in [-0.3, -0.25) is 4.90 Å². The summed E-state index contributed by atoms with van der Waals surface area (Å²) in [5, 5.41) is 13.8. The number of halogens is 1. The van der Waals surface area contributed by atoms with Gasteiger partial charge >= 0.3 is 0 Å². The van der Waals surface area contributed by atoms with Crippen molar-refractivity contribution in [1.82, 2.24) is 4.90 Å². The van der Waals surface area contributed by atoms with Gasteiger partial charge in [0.1, 0.15) is 5.75 Å². The van der Waals surface area contributed by atoms with Gasteiger partial charge in [-0.25, -0.2) is 0 Å². The Morgan fingerprint density at radius 3 is 2.41 bits per heavy atom. The topological polar surface area (TPSA) is 60.5 Å². The molecule has 2 aromatic carbocycles. The number of methoxy groups -OCH3 is 3. The molecule has 0 saturated carbocycles. The molecule has 0 spiro atoms. The minimum Gasteiger partial charge on any atom is -0.758 e. The maximum absolute atomic E-state index is 12.7. The molecule has 1 unspecified atom stereocenters.